The molecule has 0 unspecified atom stereocenters. The maximum atomic E-state index is 5.72. The number of benzene rings is 3. The SMILES string of the molecule is c1ccc([Si](c2ccccc2)(c2ccccc2)C2CCOCC2)cc1. The maximum Gasteiger partial charge on any atom is 0.151 e. The van der Waals surface area contributed by atoms with Crippen LogP contribution in [-0.4, -0.2) is 21.3 Å². The van der Waals surface area contributed by atoms with Gasteiger partial charge in [-0.25, -0.2) is 0 Å². The molecule has 0 bridgehead atoms. The van der Waals surface area contributed by atoms with Crippen molar-refractivity contribution in [3.63, 3.8) is 0 Å². The second-order valence-electron chi connectivity index (χ2n) is 6.79. The van der Waals surface area contributed by atoms with E-state index in [1.165, 1.54) is 15.6 Å². The molecule has 0 aromatic heterocycles. The number of hydrogen-bond donors (Lipinski definition) is 0. The van der Waals surface area contributed by atoms with Crippen LogP contribution in [0.5, 0.6) is 0 Å². The Balaban J connectivity index is 2.01. The molecule has 0 amide bonds. The van der Waals surface area contributed by atoms with Gasteiger partial charge >= 0.3 is 0 Å². The summed E-state index contributed by atoms with van der Waals surface area (Å²) < 4.78 is 5.72. The summed E-state index contributed by atoms with van der Waals surface area (Å²) in [6, 6.07) is 33.7. The zero-order valence-electron chi connectivity index (χ0n) is 14.5. The van der Waals surface area contributed by atoms with Gasteiger partial charge in [-0.05, 0) is 33.9 Å². The van der Waals surface area contributed by atoms with Crippen LogP contribution in [0.4, 0.5) is 0 Å². The van der Waals surface area contributed by atoms with Gasteiger partial charge in [0.05, 0.1) is 0 Å². The summed E-state index contributed by atoms with van der Waals surface area (Å²) in [6.45, 7) is 1.76. The number of ether oxygens (including phenoxy) is 1. The molecule has 1 aliphatic rings. The summed E-state index contributed by atoms with van der Waals surface area (Å²) in [4.78, 5) is 0. The molecule has 1 saturated heterocycles. The smallest absolute Gasteiger partial charge is 0.151 e. The van der Waals surface area contributed by atoms with E-state index in [4.69, 9.17) is 4.74 Å². The molecule has 4 rings (SSSR count). The lowest BCUT2D eigenvalue weighted by Gasteiger charge is -2.42. The van der Waals surface area contributed by atoms with Crippen molar-refractivity contribution in [1.82, 2.24) is 0 Å². The maximum absolute atomic E-state index is 5.72. The van der Waals surface area contributed by atoms with Crippen LogP contribution in [0.1, 0.15) is 12.8 Å². The van der Waals surface area contributed by atoms with Gasteiger partial charge in [0.15, 0.2) is 8.07 Å². The van der Waals surface area contributed by atoms with Gasteiger partial charge in [-0.15, -0.1) is 0 Å². The van der Waals surface area contributed by atoms with E-state index in [1.807, 2.05) is 0 Å². The molecule has 0 spiro atoms. The Morgan fingerprint density at radius 1 is 0.560 bits per heavy atom. The first-order valence-corrected chi connectivity index (χ1v) is 11.2. The first kappa shape index (κ1) is 16.3. The van der Waals surface area contributed by atoms with Crippen molar-refractivity contribution in [3.8, 4) is 0 Å². The second kappa shape index (κ2) is 7.38. The molecular weight excluding hydrogens is 320 g/mol. The largest absolute Gasteiger partial charge is 0.381 e. The molecule has 1 fully saturated rings. The summed E-state index contributed by atoms with van der Waals surface area (Å²) >= 11 is 0. The Kier molecular flexibility index (Phi) is 4.82. The third-order valence-corrected chi connectivity index (χ3v) is 11.1. The Bertz CT molecular complexity index is 683. The van der Waals surface area contributed by atoms with Gasteiger partial charge in [-0.2, -0.15) is 0 Å². The van der Waals surface area contributed by atoms with E-state index >= 15 is 0 Å². The average molecular weight is 345 g/mol. The van der Waals surface area contributed by atoms with Gasteiger partial charge in [0, 0.05) is 13.2 Å². The molecule has 3 aromatic rings. The molecule has 1 heterocycles. The monoisotopic (exact) mass is 344 g/mol. The third kappa shape index (κ3) is 2.96. The molecule has 0 N–H and O–H groups in total. The normalized spacial score (nSPS) is 15.8. The van der Waals surface area contributed by atoms with Crippen molar-refractivity contribution in [2.45, 2.75) is 18.4 Å². The number of rotatable bonds is 4. The van der Waals surface area contributed by atoms with Crippen molar-refractivity contribution in [3.05, 3.63) is 91.0 Å². The van der Waals surface area contributed by atoms with E-state index < -0.39 is 8.07 Å². The highest BCUT2D eigenvalue weighted by Gasteiger charge is 2.46. The predicted molar refractivity (Wildman–Crippen MR) is 108 cm³/mol. The van der Waals surface area contributed by atoms with E-state index in [9.17, 15) is 0 Å². The lowest BCUT2D eigenvalue weighted by Crippen LogP contribution is -2.70. The fraction of sp³-hybridized carbons (Fsp3) is 0.217. The van der Waals surface area contributed by atoms with Crippen LogP contribution in [-0.2, 0) is 4.74 Å². The van der Waals surface area contributed by atoms with Crippen LogP contribution >= 0.6 is 0 Å². The highest BCUT2D eigenvalue weighted by atomic mass is 28.3. The van der Waals surface area contributed by atoms with E-state index in [2.05, 4.69) is 91.0 Å². The van der Waals surface area contributed by atoms with Gasteiger partial charge < -0.3 is 4.74 Å². The lowest BCUT2D eigenvalue weighted by molar-refractivity contribution is 0.0961. The summed E-state index contributed by atoms with van der Waals surface area (Å²) in [5.41, 5.74) is 0.661. The Morgan fingerprint density at radius 3 is 1.28 bits per heavy atom. The zero-order valence-corrected chi connectivity index (χ0v) is 15.5. The van der Waals surface area contributed by atoms with Crippen LogP contribution in [0.15, 0.2) is 91.0 Å². The van der Waals surface area contributed by atoms with Gasteiger partial charge in [-0.1, -0.05) is 91.0 Å². The van der Waals surface area contributed by atoms with Crippen molar-refractivity contribution in [2.75, 3.05) is 13.2 Å². The predicted octanol–water partition coefficient (Wildman–Crippen LogP) is 3.34. The summed E-state index contributed by atoms with van der Waals surface area (Å²) in [5.74, 6) is 0. The van der Waals surface area contributed by atoms with Crippen LogP contribution in [0.3, 0.4) is 0 Å². The highest BCUT2D eigenvalue weighted by Crippen LogP contribution is 2.32. The molecule has 126 valence electrons. The van der Waals surface area contributed by atoms with Gasteiger partial charge in [0.2, 0.25) is 0 Å². The summed E-state index contributed by atoms with van der Waals surface area (Å²) in [7, 11) is -2.10. The molecule has 0 aliphatic carbocycles. The Labute approximate surface area is 151 Å². The fourth-order valence-corrected chi connectivity index (χ4v) is 10.1. The van der Waals surface area contributed by atoms with Gasteiger partial charge in [-0.3, -0.25) is 0 Å². The Morgan fingerprint density at radius 2 is 0.920 bits per heavy atom. The van der Waals surface area contributed by atoms with E-state index in [1.54, 1.807) is 0 Å². The number of hydrogen-bond acceptors (Lipinski definition) is 1. The van der Waals surface area contributed by atoms with Crippen LogP contribution in [0, 0.1) is 0 Å². The first-order valence-electron chi connectivity index (χ1n) is 9.16. The summed E-state index contributed by atoms with van der Waals surface area (Å²) in [5, 5.41) is 4.54. The first-order chi connectivity index (χ1) is 12.4. The minimum atomic E-state index is -2.10. The van der Waals surface area contributed by atoms with Crippen LogP contribution < -0.4 is 15.6 Å². The van der Waals surface area contributed by atoms with Gasteiger partial charge in [0.25, 0.3) is 0 Å². The molecule has 0 radical (unpaired) electrons. The van der Waals surface area contributed by atoms with Crippen molar-refractivity contribution >= 4 is 23.6 Å². The minimum absolute atomic E-state index is 0.661. The van der Waals surface area contributed by atoms with Crippen molar-refractivity contribution < 1.29 is 4.74 Å². The molecular formula is C23H24OSi. The molecule has 1 nitrogen and oxygen atoms in total. The minimum Gasteiger partial charge on any atom is -0.381 e. The average Bonchev–Trinajstić information content (AvgIpc) is 2.72. The molecule has 25 heavy (non-hydrogen) atoms. The molecule has 2 heteroatoms. The third-order valence-electron chi connectivity index (χ3n) is 5.52. The fourth-order valence-electron chi connectivity index (χ4n) is 4.44. The topological polar surface area (TPSA) is 9.23 Å². The van der Waals surface area contributed by atoms with Gasteiger partial charge in [0.1, 0.15) is 0 Å². The highest BCUT2D eigenvalue weighted by molar-refractivity contribution is 7.12. The Hall–Kier alpha value is -2.16. The van der Waals surface area contributed by atoms with E-state index in [-0.39, 0.29) is 0 Å². The zero-order chi connectivity index (χ0) is 17.0. The van der Waals surface area contributed by atoms with Crippen molar-refractivity contribution in [2.24, 2.45) is 0 Å². The van der Waals surface area contributed by atoms with Crippen LogP contribution in [0.25, 0.3) is 0 Å². The van der Waals surface area contributed by atoms with Crippen molar-refractivity contribution in [1.29, 1.82) is 0 Å². The second-order valence-corrected chi connectivity index (χ2v) is 11.0. The molecule has 0 atom stereocenters. The van der Waals surface area contributed by atoms with E-state index in [0.717, 1.165) is 26.1 Å². The summed E-state index contributed by atoms with van der Waals surface area (Å²) in [6.07, 6.45) is 2.29. The lowest BCUT2D eigenvalue weighted by atomic mass is 10.2. The van der Waals surface area contributed by atoms with Crippen LogP contribution in [0.2, 0.25) is 5.54 Å². The standard InChI is InChI=1S/C23H24OSi/c1-4-10-20(11-5-1)25(21-12-6-2-7-13-21,22-14-8-3-9-15-22)23-16-18-24-19-17-23/h1-15,23H,16-19H2. The molecule has 1 aliphatic heterocycles. The molecule has 3 aromatic carbocycles. The molecule has 0 saturated carbocycles. The van der Waals surface area contributed by atoms with E-state index in [0.29, 0.717) is 5.54 Å². The quantitative estimate of drug-likeness (QED) is 0.521.